The van der Waals surface area contributed by atoms with Gasteiger partial charge in [0.2, 0.25) is 0 Å². The van der Waals surface area contributed by atoms with Crippen molar-refractivity contribution in [2.24, 2.45) is 5.41 Å². The lowest BCUT2D eigenvalue weighted by molar-refractivity contribution is -0.0257. The van der Waals surface area contributed by atoms with Gasteiger partial charge in [0.15, 0.2) is 0 Å². The van der Waals surface area contributed by atoms with E-state index in [0.29, 0.717) is 12.8 Å². The van der Waals surface area contributed by atoms with Gasteiger partial charge in [-0.15, -0.1) is 6.42 Å². The van der Waals surface area contributed by atoms with E-state index in [2.05, 4.69) is 5.92 Å². The van der Waals surface area contributed by atoms with Crippen molar-refractivity contribution in [3.8, 4) is 12.3 Å². The highest BCUT2D eigenvalue weighted by molar-refractivity contribution is 5.68. The Hall–Kier alpha value is -1.21. The zero-order chi connectivity index (χ0) is 15.7. The molecule has 2 rings (SSSR count). The van der Waals surface area contributed by atoms with E-state index < -0.39 is 11.2 Å². The van der Waals surface area contributed by atoms with Crippen LogP contribution in [0, 0.1) is 17.8 Å². The van der Waals surface area contributed by atoms with Crippen LogP contribution < -0.4 is 0 Å². The van der Waals surface area contributed by atoms with Crippen LogP contribution >= 0.6 is 0 Å². The summed E-state index contributed by atoms with van der Waals surface area (Å²) in [6, 6.07) is 0. The van der Waals surface area contributed by atoms with E-state index in [9.17, 15) is 9.90 Å². The number of hydrogen-bond donors (Lipinski definition) is 1. The fourth-order valence-electron chi connectivity index (χ4n) is 3.33. The molecule has 1 N–H and O–H groups in total. The maximum Gasteiger partial charge on any atom is 0.410 e. The minimum absolute atomic E-state index is 0.215. The lowest BCUT2D eigenvalue weighted by Gasteiger charge is -2.47. The summed E-state index contributed by atoms with van der Waals surface area (Å²) in [5.41, 5.74) is -1.10. The molecule has 1 heterocycles. The topological polar surface area (TPSA) is 49.8 Å². The Morgan fingerprint density at radius 1 is 1.14 bits per heavy atom. The van der Waals surface area contributed by atoms with Crippen molar-refractivity contribution < 1.29 is 14.6 Å². The Morgan fingerprint density at radius 3 is 2.10 bits per heavy atom. The van der Waals surface area contributed by atoms with Crippen molar-refractivity contribution in [1.82, 2.24) is 4.90 Å². The number of aliphatic hydroxyl groups is 1. The van der Waals surface area contributed by atoms with Gasteiger partial charge >= 0.3 is 6.09 Å². The van der Waals surface area contributed by atoms with E-state index in [4.69, 9.17) is 11.2 Å². The Bertz CT molecular complexity index is 426. The molecule has 0 aromatic carbocycles. The van der Waals surface area contributed by atoms with Crippen molar-refractivity contribution in [3.63, 3.8) is 0 Å². The summed E-state index contributed by atoms with van der Waals surface area (Å²) in [4.78, 5) is 13.9. The predicted octanol–water partition coefficient (Wildman–Crippen LogP) is 2.94. The second-order valence-electron chi connectivity index (χ2n) is 7.64. The first-order valence-corrected chi connectivity index (χ1v) is 7.85. The van der Waals surface area contributed by atoms with Gasteiger partial charge in [0, 0.05) is 13.1 Å². The minimum Gasteiger partial charge on any atom is -0.444 e. The van der Waals surface area contributed by atoms with Gasteiger partial charge in [-0.25, -0.2) is 4.79 Å². The van der Waals surface area contributed by atoms with Gasteiger partial charge in [-0.1, -0.05) is 5.92 Å². The highest BCUT2D eigenvalue weighted by Gasteiger charge is 2.43. The van der Waals surface area contributed by atoms with Gasteiger partial charge in [0.05, 0.1) is 0 Å². The molecule has 0 unspecified atom stereocenters. The molecule has 4 nitrogen and oxygen atoms in total. The molecule has 21 heavy (non-hydrogen) atoms. The van der Waals surface area contributed by atoms with E-state index >= 15 is 0 Å². The van der Waals surface area contributed by atoms with Crippen LogP contribution in [0.5, 0.6) is 0 Å². The second kappa shape index (κ2) is 5.53. The quantitative estimate of drug-likeness (QED) is 0.699. The van der Waals surface area contributed by atoms with Gasteiger partial charge in [-0.05, 0) is 64.7 Å². The number of likely N-dealkylation sites (tertiary alicyclic amines) is 1. The van der Waals surface area contributed by atoms with E-state index in [1.807, 2.05) is 20.8 Å². The van der Waals surface area contributed by atoms with Crippen LogP contribution in [-0.2, 0) is 4.74 Å². The van der Waals surface area contributed by atoms with E-state index in [1.165, 1.54) is 0 Å². The molecule has 1 spiro atoms. The van der Waals surface area contributed by atoms with Crippen LogP contribution in [0.3, 0.4) is 0 Å². The van der Waals surface area contributed by atoms with Crippen LogP contribution in [0.25, 0.3) is 0 Å². The SMILES string of the molecule is C#CC1(O)CCC2(CCN(C(=O)OC(C)(C)C)CC2)CC1. The number of nitrogens with zero attached hydrogens (tertiary/aromatic N) is 1. The largest absolute Gasteiger partial charge is 0.444 e. The molecule has 2 aliphatic rings. The minimum atomic E-state index is -0.909. The average molecular weight is 293 g/mol. The predicted molar refractivity (Wildman–Crippen MR) is 81.7 cm³/mol. The van der Waals surface area contributed by atoms with Gasteiger partial charge < -0.3 is 14.7 Å². The van der Waals surface area contributed by atoms with Crippen LogP contribution in [-0.4, -0.2) is 40.4 Å². The van der Waals surface area contributed by atoms with E-state index in [1.54, 1.807) is 4.90 Å². The molecule has 0 aromatic heterocycles. The summed E-state index contributed by atoms with van der Waals surface area (Å²) in [6.07, 6.45) is 10.4. The molecule has 1 amide bonds. The van der Waals surface area contributed by atoms with Gasteiger partial charge in [0.25, 0.3) is 0 Å². The number of rotatable bonds is 0. The number of carbonyl (C=O) groups excluding carboxylic acids is 1. The second-order valence-corrected chi connectivity index (χ2v) is 7.64. The maximum absolute atomic E-state index is 12.1. The third-order valence-electron chi connectivity index (χ3n) is 4.88. The van der Waals surface area contributed by atoms with Gasteiger partial charge in [0.1, 0.15) is 11.2 Å². The zero-order valence-corrected chi connectivity index (χ0v) is 13.4. The van der Waals surface area contributed by atoms with Crippen molar-refractivity contribution in [2.75, 3.05) is 13.1 Å². The summed E-state index contributed by atoms with van der Waals surface area (Å²) in [7, 11) is 0. The molecule has 1 saturated carbocycles. The number of hydrogen-bond acceptors (Lipinski definition) is 3. The van der Waals surface area contributed by atoms with E-state index in [0.717, 1.165) is 38.8 Å². The van der Waals surface area contributed by atoms with Crippen molar-refractivity contribution >= 4 is 6.09 Å². The normalized spacial score (nSPS) is 24.4. The van der Waals surface area contributed by atoms with Crippen LogP contribution in [0.1, 0.15) is 59.3 Å². The number of terminal acetylenes is 1. The van der Waals surface area contributed by atoms with Crippen molar-refractivity contribution in [3.05, 3.63) is 0 Å². The van der Waals surface area contributed by atoms with Gasteiger partial charge in [-0.3, -0.25) is 0 Å². The average Bonchev–Trinajstić information content (AvgIpc) is 2.42. The molecular formula is C17H27NO3. The third kappa shape index (κ3) is 3.91. The first-order valence-electron chi connectivity index (χ1n) is 7.85. The number of carbonyl (C=O) groups is 1. The lowest BCUT2D eigenvalue weighted by Crippen LogP contribution is -2.48. The molecular weight excluding hydrogens is 266 g/mol. The molecule has 1 saturated heterocycles. The molecule has 1 aliphatic carbocycles. The third-order valence-corrected chi connectivity index (χ3v) is 4.88. The molecule has 1 aliphatic heterocycles. The molecule has 0 atom stereocenters. The summed E-state index contributed by atoms with van der Waals surface area (Å²) in [5, 5.41) is 10.1. The monoisotopic (exact) mass is 293 g/mol. The number of amides is 1. The number of ether oxygens (including phenoxy) is 1. The van der Waals surface area contributed by atoms with Crippen LogP contribution in [0.15, 0.2) is 0 Å². The standard InChI is InChI=1S/C17H27NO3/c1-5-17(20)8-6-16(7-9-17)10-12-18(13-11-16)14(19)21-15(2,3)4/h1,20H,6-13H2,2-4H3. The smallest absolute Gasteiger partial charge is 0.410 e. The molecule has 0 aromatic rings. The Kier molecular flexibility index (Phi) is 4.26. The maximum atomic E-state index is 12.1. The zero-order valence-electron chi connectivity index (χ0n) is 13.4. The van der Waals surface area contributed by atoms with E-state index in [-0.39, 0.29) is 11.5 Å². The van der Waals surface area contributed by atoms with Crippen molar-refractivity contribution in [2.45, 2.75) is 70.5 Å². The Balaban J connectivity index is 1.87. The first kappa shape index (κ1) is 16.2. The van der Waals surface area contributed by atoms with Gasteiger partial charge in [-0.2, -0.15) is 0 Å². The molecule has 118 valence electrons. The summed E-state index contributed by atoms with van der Waals surface area (Å²) >= 11 is 0. The summed E-state index contributed by atoms with van der Waals surface area (Å²) < 4.78 is 5.42. The summed E-state index contributed by atoms with van der Waals surface area (Å²) in [5.74, 6) is 2.53. The summed E-state index contributed by atoms with van der Waals surface area (Å²) in [6.45, 7) is 7.14. The molecule has 0 radical (unpaired) electrons. The highest BCUT2D eigenvalue weighted by atomic mass is 16.6. The highest BCUT2D eigenvalue weighted by Crippen LogP contribution is 2.47. The fourth-order valence-corrected chi connectivity index (χ4v) is 3.33. The lowest BCUT2D eigenvalue weighted by atomic mass is 9.64. The first-order chi connectivity index (χ1) is 9.67. The molecule has 0 bridgehead atoms. The fraction of sp³-hybridized carbons (Fsp3) is 0.824. The Morgan fingerprint density at radius 2 is 1.67 bits per heavy atom. The molecule has 2 fully saturated rings. The van der Waals surface area contributed by atoms with Crippen LogP contribution in [0.2, 0.25) is 0 Å². The Labute approximate surface area is 127 Å². The van der Waals surface area contributed by atoms with Crippen LogP contribution in [0.4, 0.5) is 4.79 Å². The molecule has 4 heteroatoms. The number of piperidine rings is 1. The van der Waals surface area contributed by atoms with Crippen molar-refractivity contribution in [1.29, 1.82) is 0 Å².